The maximum Gasteiger partial charge on any atom is 0.277 e. The monoisotopic (exact) mass is 351 g/mol. The second kappa shape index (κ2) is 9.15. The molecule has 1 aromatic carbocycles. The maximum atomic E-state index is 11.3. The van der Waals surface area contributed by atoms with E-state index in [1.165, 1.54) is 6.07 Å². The fourth-order valence-electron chi connectivity index (χ4n) is 2.83. The van der Waals surface area contributed by atoms with E-state index in [1.807, 2.05) is 6.92 Å². The van der Waals surface area contributed by atoms with Gasteiger partial charge in [-0.3, -0.25) is 15.0 Å². The highest BCUT2D eigenvalue weighted by molar-refractivity contribution is 5.85. The van der Waals surface area contributed by atoms with Crippen molar-refractivity contribution in [1.82, 2.24) is 10.2 Å². The van der Waals surface area contributed by atoms with E-state index >= 15 is 0 Å². The Morgan fingerprint density at radius 2 is 1.95 bits per heavy atom. The summed E-state index contributed by atoms with van der Waals surface area (Å²) in [6, 6.07) is 2.98. The molecule has 1 aliphatic heterocycles. The molecule has 1 fully saturated rings. The SMILES string of the molecule is CC[C@H](c1c([N+](=O)[O-])ccc(C)c1O)N1CCNCC1.Cl.Cl. The first kappa shape index (κ1) is 20.9. The smallest absolute Gasteiger partial charge is 0.277 e. The van der Waals surface area contributed by atoms with Crippen molar-refractivity contribution < 1.29 is 10.0 Å². The molecule has 0 radical (unpaired) electrons. The number of nitrogens with one attached hydrogen (secondary N) is 1. The Bertz CT molecular complexity index is 508. The number of nitrogens with zero attached hydrogens (tertiary/aromatic N) is 2. The van der Waals surface area contributed by atoms with Crippen molar-refractivity contribution in [2.75, 3.05) is 26.2 Å². The fraction of sp³-hybridized carbons (Fsp3) is 0.571. The van der Waals surface area contributed by atoms with Gasteiger partial charge in [-0.15, -0.1) is 24.8 Å². The van der Waals surface area contributed by atoms with Crippen molar-refractivity contribution in [2.45, 2.75) is 26.3 Å². The van der Waals surface area contributed by atoms with Crippen LogP contribution in [0.3, 0.4) is 0 Å². The zero-order chi connectivity index (χ0) is 14.7. The van der Waals surface area contributed by atoms with E-state index < -0.39 is 4.92 Å². The standard InChI is InChI=1S/C14H21N3O3.2ClH/c1-3-11(16-8-6-15-7-9-16)13-12(17(19)20)5-4-10(2)14(13)18;;/h4-5,11,15,18H,3,6-9H2,1-2H3;2*1H/t11-;;/m1../s1. The molecule has 2 rings (SSSR count). The molecule has 0 saturated carbocycles. The predicted octanol–water partition coefficient (Wildman–Crippen LogP) is 2.81. The van der Waals surface area contributed by atoms with Gasteiger partial charge in [-0.1, -0.05) is 6.92 Å². The van der Waals surface area contributed by atoms with Crippen LogP contribution in [-0.4, -0.2) is 41.1 Å². The van der Waals surface area contributed by atoms with E-state index in [2.05, 4.69) is 10.2 Å². The van der Waals surface area contributed by atoms with Crippen LogP contribution in [0.4, 0.5) is 5.69 Å². The topological polar surface area (TPSA) is 78.6 Å². The van der Waals surface area contributed by atoms with Crippen molar-refractivity contribution >= 4 is 30.5 Å². The minimum absolute atomic E-state index is 0. The zero-order valence-corrected chi connectivity index (χ0v) is 14.4. The first-order valence-corrected chi connectivity index (χ1v) is 6.97. The molecule has 1 heterocycles. The van der Waals surface area contributed by atoms with Gasteiger partial charge in [0.25, 0.3) is 5.69 Å². The Morgan fingerprint density at radius 3 is 2.45 bits per heavy atom. The van der Waals surface area contributed by atoms with Gasteiger partial charge in [-0.2, -0.15) is 0 Å². The maximum absolute atomic E-state index is 11.3. The van der Waals surface area contributed by atoms with Crippen molar-refractivity contribution in [3.63, 3.8) is 0 Å². The van der Waals surface area contributed by atoms with E-state index in [-0.39, 0.29) is 42.3 Å². The van der Waals surface area contributed by atoms with Gasteiger partial charge in [0.05, 0.1) is 10.5 Å². The molecule has 8 heteroatoms. The van der Waals surface area contributed by atoms with Crippen LogP contribution >= 0.6 is 24.8 Å². The number of hydrogen-bond donors (Lipinski definition) is 2. The first-order chi connectivity index (χ1) is 9.56. The average molecular weight is 352 g/mol. The molecule has 0 aliphatic carbocycles. The fourth-order valence-corrected chi connectivity index (χ4v) is 2.83. The molecule has 1 atom stereocenters. The molecule has 0 amide bonds. The summed E-state index contributed by atoms with van der Waals surface area (Å²) >= 11 is 0. The number of piperazine rings is 1. The van der Waals surface area contributed by atoms with E-state index in [9.17, 15) is 15.2 Å². The molecule has 1 saturated heterocycles. The zero-order valence-electron chi connectivity index (χ0n) is 12.7. The van der Waals surface area contributed by atoms with Crippen LogP contribution in [-0.2, 0) is 0 Å². The average Bonchev–Trinajstić information content (AvgIpc) is 2.45. The Kier molecular flexibility index (Phi) is 8.70. The van der Waals surface area contributed by atoms with Crippen LogP contribution in [0.15, 0.2) is 12.1 Å². The number of nitro groups is 1. The highest BCUT2D eigenvalue weighted by Crippen LogP contribution is 2.39. The van der Waals surface area contributed by atoms with E-state index in [0.717, 1.165) is 32.6 Å². The number of phenols is 1. The molecule has 1 aromatic rings. The number of benzene rings is 1. The number of hydrogen-bond acceptors (Lipinski definition) is 5. The highest BCUT2D eigenvalue weighted by atomic mass is 35.5. The number of rotatable bonds is 4. The number of aryl methyl sites for hydroxylation is 1. The minimum Gasteiger partial charge on any atom is -0.507 e. The molecule has 1 aliphatic rings. The second-order valence-corrected chi connectivity index (χ2v) is 5.13. The van der Waals surface area contributed by atoms with Gasteiger partial charge in [0.2, 0.25) is 0 Å². The van der Waals surface area contributed by atoms with Crippen molar-refractivity contribution in [1.29, 1.82) is 0 Å². The van der Waals surface area contributed by atoms with Crippen LogP contribution in [0.25, 0.3) is 0 Å². The minimum atomic E-state index is -0.403. The predicted molar refractivity (Wildman–Crippen MR) is 91.5 cm³/mol. The Hall–Kier alpha value is -1.08. The number of aromatic hydroxyl groups is 1. The summed E-state index contributed by atoms with van der Waals surface area (Å²) in [6.45, 7) is 7.19. The summed E-state index contributed by atoms with van der Waals surface area (Å²) in [5.74, 6) is 0.0598. The quantitative estimate of drug-likeness (QED) is 0.644. The third kappa shape index (κ3) is 4.23. The van der Waals surface area contributed by atoms with Crippen molar-refractivity contribution in [3.05, 3.63) is 33.4 Å². The Balaban J connectivity index is 0.00000220. The van der Waals surface area contributed by atoms with Gasteiger partial charge in [0, 0.05) is 38.3 Å². The molecule has 0 bridgehead atoms. The summed E-state index contributed by atoms with van der Waals surface area (Å²) in [5, 5.41) is 24.8. The van der Waals surface area contributed by atoms with Crippen LogP contribution in [0, 0.1) is 17.0 Å². The van der Waals surface area contributed by atoms with E-state index in [4.69, 9.17) is 0 Å². The molecular formula is C14H23Cl2N3O3. The molecule has 2 N–H and O–H groups in total. The summed E-state index contributed by atoms with van der Waals surface area (Å²) < 4.78 is 0. The highest BCUT2D eigenvalue weighted by Gasteiger charge is 2.30. The van der Waals surface area contributed by atoms with Crippen LogP contribution in [0.5, 0.6) is 5.75 Å². The first-order valence-electron chi connectivity index (χ1n) is 6.97. The normalized spacial score (nSPS) is 16.3. The largest absolute Gasteiger partial charge is 0.507 e. The molecule has 6 nitrogen and oxygen atoms in total. The number of nitro benzene ring substituents is 1. The lowest BCUT2D eigenvalue weighted by Crippen LogP contribution is -2.45. The summed E-state index contributed by atoms with van der Waals surface area (Å²) in [6.07, 6.45) is 0.734. The lowest BCUT2D eigenvalue weighted by atomic mass is 9.96. The van der Waals surface area contributed by atoms with Gasteiger partial charge in [-0.05, 0) is 25.0 Å². The van der Waals surface area contributed by atoms with Crippen LogP contribution in [0.2, 0.25) is 0 Å². The van der Waals surface area contributed by atoms with Gasteiger partial charge >= 0.3 is 0 Å². The summed E-state index contributed by atoms with van der Waals surface area (Å²) in [7, 11) is 0. The molecule has 0 aromatic heterocycles. The Morgan fingerprint density at radius 1 is 1.36 bits per heavy atom. The summed E-state index contributed by atoms with van der Waals surface area (Å²) in [4.78, 5) is 13.1. The third-order valence-corrected chi connectivity index (χ3v) is 3.90. The Labute approximate surface area is 142 Å². The summed E-state index contributed by atoms with van der Waals surface area (Å²) in [5.41, 5.74) is 1.15. The molecule has 22 heavy (non-hydrogen) atoms. The van der Waals surface area contributed by atoms with E-state index in [1.54, 1.807) is 13.0 Å². The van der Waals surface area contributed by atoms with Crippen molar-refractivity contribution in [3.8, 4) is 5.75 Å². The van der Waals surface area contributed by atoms with Gasteiger partial charge in [0.15, 0.2) is 0 Å². The molecule has 0 unspecified atom stereocenters. The van der Waals surface area contributed by atoms with Gasteiger partial charge in [0.1, 0.15) is 5.75 Å². The second-order valence-electron chi connectivity index (χ2n) is 5.13. The molecular weight excluding hydrogens is 329 g/mol. The molecule has 126 valence electrons. The van der Waals surface area contributed by atoms with Gasteiger partial charge < -0.3 is 10.4 Å². The molecule has 0 spiro atoms. The lowest BCUT2D eigenvalue weighted by Gasteiger charge is -2.34. The lowest BCUT2D eigenvalue weighted by molar-refractivity contribution is -0.386. The number of halogens is 2. The number of phenolic OH excluding ortho intramolecular Hbond substituents is 1. The van der Waals surface area contributed by atoms with E-state index in [0.29, 0.717) is 11.1 Å². The van der Waals surface area contributed by atoms with Crippen molar-refractivity contribution in [2.24, 2.45) is 0 Å². The van der Waals surface area contributed by atoms with Gasteiger partial charge in [-0.25, -0.2) is 0 Å². The van der Waals surface area contributed by atoms with Crippen LogP contribution in [0.1, 0.15) is 30.5 Å². The third-order valence-electron chi connectivity index (χ3n) is 3.90. The van der Waals surface area contributed by atoms with Crippen LogP contribution < -0.4 is 5.32 Å².